The summed E-state index contributed by atoms with van der Waals surface area (Å²) in [6.45, 7) is 1.72. The number of likely N-dealkylation sites (N-methyl/N-ethyl adjacent to an activating group) is 1. The normalized spacial score (nSPS) is 10.8. The third-order valence-corrected chi connectivity index (χ3v) is 4.14. The molecule has 0 fully saturated rings. The molecule has 0 aliphatic carbocycles. The molecule has 26 heavy (non-hydrogen) atoms. The number of nitrogen functional groups attached to an aromatic ring is 1. The van der Waals surface area contributed by atoms with E-state index < -0.39 is 0 Å². The highest BCUT2D eigenvalue weighted by Crippen LogP contribution is 2.24. The van der Waals surface area contributed by atoms with Crippen LogP contribution < -0.4 is 10.6 Å². The van der Waals surface area contributed by atoms with Crippen molar-refractivity contribution in [3.05, 3.63) is 59.4 Å². The lowest BCUT2D eigenvalue weighted by Crippen LogP contribution is -2.36. The molecule has 0 aromatic heterocycles. The second-order valence-electron chi connectivity index (χ2n) is 6.82. The van der Waals surface area contributed by atoms with E-state index in [0.717, 1.165) is 17.8 Å². The summed E-state index contributed by atoms with van der Waals surface area (Å²) in [5.74, 6) is -0.480. The van der Waals surface area contributed by atoms with Crippen molar-refractivity contribution in [1.82, 2.24) is 9.80 Å². The number of hydrogen-bond donors (Lipinski definition) is 1. The molecule has 2 rings (SSSR count). The highest BCUT2D eigenvalue weighted by molar-refractivity contribution is 5.94. The summed E-state index contributed by atoms with van der Waals surface area (Å²) >= 11 is 0. The van der Waals surface area contributed by atoms with Gasteiger partial charge in [-0.3, -0.25) is 4.79 Å². The summed E-state index contributed by atoms with van der Waals surface area (Å²) in [6, 6.07) is 11.4. The standard InChI is InChI=1S/C20H27FN4O/c1-23(2)11-12-25(20(26)15-5-7-17(21)8-6-15)14-16-13-18(22)9-10-19(16)24(3)4/h5-10,13H,11-12,14,22H2,1-4H3. The predicted octanol–water partition coefficient (Wildman–Crippen LogP) is 2.68. The lowest BCUT2D eigenvalue weighted by Gasteiger charge is -2.27. The molecule has 0 radical (unpaired) electrons. The third kappa shape index (κ3) is 5.20. The van der Waals surface area contributed by atoms with Crippen LogP contribution in [0.3, 0.4) is 0 Å². The van der Waals surface area contributed by atoms with E-state index in [9.17, 15) is 9.18 Å². The minimum absolute atomic E-state index is 0.126. The molecular weight excluding hydrogens is 331 g/mol. The lowest BCUT2D eigenvalue weighted by molar-refractivity contribution is 0.0732. The van der Waals surface area contributed by atoms with Crippen molar-refractivity contribution >= 4 is 17.3 Å². The number of carbonyl (C=O) groups excluding carboxylic acids is 1. The number of hydrogen-bond acceptors (Lipinski definition) is 4. The Labute approximate surface area is 154 Å². The van der Waals surface area contributed by atoms with Crippen LogP contribution in [0.2, 0.25) is 0 Å². The van der Waals surface area contributed by atoms with E-state index in [1.54, 1.807) is 4.90 Å². The topological polar surface area (TPSA) is 52.8 Å². The molecule has 0 aliphatic heterocycles. The third-order valence-electron chi connectivity index (χ3n) is 4.14. The molecule has 0 bridgehead atoms. The minimum Gasteiger partial charge on any atom is -0.399 e. The second-order valence-corrected chi connectivity index (χ2v) is 6.82. The Bertz CT molecular complexity index is 744. The van der Waals surface area contributed by atoms with Gasteiger partial charge in [-0.1, -0.05) is 0 Å². The number of carbonyl (C=O) groups is 1. The van der Waals surface area contributed by atoms with Crippen LogP contribution in [0, 0.1) is 5.82 Å². The smallest absolute Gasteiger partial charge is 0.254 e. The fourth-order valence-electron chi connectivity index (χ4n) is 2.72. The molecule has 5 nitrogen and oxygen atoms in total. The van der Waals surface area contributed by atoms with Gasteiger partial charge in [0.25, 0.3) is 5.91 Å². The number of amides is 1. The predicted molar refractivity (Wildman–Crippen MR) is 105 cm³/mol. The Balaban J connectivity index is 2.31. The van der Waals surface area contributed by atoms with Gasteiger partial charge in [-0.15, -0.1) is 0 Å². The van der Waals surface area contributed by atoms with Gasteiger partial charge < -0.3 is 20.4 Å². The van der Waals surface area contributed by atoms with Crippen LogP contribution in [-0.2, 0) is 6.54 Å². The van der Waals surface area contributed by atoms with Crippen molar-refractivity contribution in [2.24, 2.45) is 0 Å². The molecule has 0 spiro atoms. The van der Waals surface area contributed by atoms with Crippen molar-refractivity contribution in [2.45, 2.75) is 6.54 Å². The minimum atomic E-state index is -0.355. The molecule has 0 unspecified atom stereocenters. The average Bonchev–Trinajstić information content (AvgIpc) is 2.58. The first-order valence-corrected chi connectivity index (χ1v) is 8.53. The molecule has 1 amide bonds. The first-order chi connectivity index (χ1) is 12.3. The van der Waals surface area contributed by atoms with E-state index in [4.69, 9.17) is 5.73 Å². The molecule has 6 heteroatoms. The van der Waals surface area contributed by atoms with Crippen molar-refractivity contribution in [1.29, 1.82) is 0 Å². The summed E-state index contributed by atoms with van der Waals surface area (Å²) in [5.41, 5.74) is 9.08. The summed E-state index contributed by atoms with van der Waals surface area (Å²) in [6.07, 6.45) is 0. The van der Waals surface area contributed by atoms with Crippen LogP contribution >= 0.6 is 0 Å². The molecule has 0 aliphatic rings. The van der Waals surface area contributed by atoms with Gasteiger partial charge in [0.15, 0.2) is 0 Å². The largest absolute Gasteiger partial charge is 0.399 e. The maximum atomic E-state index is 13.2. The lowest BCUT2D eigenvalue weighted by atomic mass is 10.1. The zero-order valence-electron chi connectivity index (χ0n) is 15.9. The number of nitrogens with zero attached hydrogens (tertiary/aromatic N) is 3. The quantitative estimate of drug-likeness (QED) is 0.773. The van der Waals surface area contributed by atoms with Gasteiger partial charge in [-0.25, -0.2) is 4.39 Å². The van der Waals surface area contributed by atoms with Crippen LogP contribution in [0.15, 0.2) is 42.5 Å². The highest BCUT2D eigenvalue weighted by atomic mass is 19.1. The Kier molecular flexibility index (Phi) is 6.58. The SMILES string of the molecule is CN(C)CCN(Cc1cc(N)ccc1N(C)C)C(=O)c1ccc(F)cc1. The average molecular weight is 358 g/mol. The Morgan fingerprint density at radius 2 is 1.65 bits per heavy atom. The molecule has 0 heterocycles. The van der Waals surface area contributed by atoms with E-state index in [1.165, 1.54) is 24.3 Å². The highest BCUT2D eigenvalue weighted by Gasteiger charge is 2.18. The summed E-state index contributed by atoms with van der Waals surface area (Å²) in [4.78, 5) is 18.8. The molecule has 0 atom stereocenters. The molecule has 2 aromatic rings. The number of anilines is 2. The van der Waals surface area contributed by atoms with E-state index in [0.29, 0.717) is 24.3 Å². The molecule has 2 N–H and O–H groups in total. The van der Waals surface area contributed by atoms with E-state index in [2.05, 4.69) is 0 Å². The van der Waals surface area contributed by atoms with Gasteiger partial charge in [0.1, 0.15) is 5.82 Å². The zero-order chi connectivity index (χ0) is 19.3. The maximum absolute atomic E-state index is 13.2. The molecule has 0 saturated heterocycles. The van der Waals surface area contributed by atoms with Crippen molar-refractivity contribution in [3.8, 4) is 0 Å². The van der Waals surface area contributed by atoms with Gasteiger partial charge in [-0.2, -0.15) is 0 Å². The summed E-state index contributed by atoms with van der Waals surface area (Å²) in [5, 5.41) is 0. The molecular formula is C20H27FN4O. The first kappa shape index (κ1) is 19.7. The zero-order valence-corrected chi connectivity index (χ0v) is 15.9. The van der Waals surface area contributed by atoms with Gasteiger partial charge in [0, 0.05) is 50.7 Å². The van der Waals surface area contributed by atoms with Crippen LogP contribution in [0.5, 0.6) is 0 Å². The first-order valence-electron chi connectivity index (χ1n) is 8.53. The second kappa shape index (κ2) is 8.67. The summed E-state index contributed by atoms with van der Waals surface area (Å²) in [7, 11) is 7.85. The van der Waals surface area contributed by atoms with Crippen LogP contribution in [0.1, 0.15) is 15.9 Å². The van der Waals surface area contributed by atoms with Crippen LogP contribution in [-0.4, -0.2) is 57.0 Å². The number of halogens is 1. The van der Waals surface area contributed by atoms with Crippen molar-refractivity contribution in [2.75, 3.05) is 51.9 Å². The fraction of sp³-hybridized carbons (Fsp3) is 0.350. The monoisotopic (exact) mass is 358 g/mol. The van der Waals surface area contributed by atoms with Crippen molar-refractivity contribution in [3.63, 3.8) is 0 Å². The van der Waals surface area contributed by atoms with Gasteiger partial charge in [-0.05, 0) is 62.1 Å². The Morgan fingerprint density at radius 1 is 1.00 bits per heavy atom. The molecule has 2 aromatic carbocycles. The fourth-order valence-corrected chi connectivity index (χ4v) is 2.72. The number of benzene rings is 2. The Hall–Kier alpha value is -2.60. The van der Waals surface area contributed by atoms with Crippen molar-refractivity contribution < 1.29 is 9.18 Å². The molecule has 140 valence electrons. The van der Waals surface area contributed by atoms with E-state index in [1.807, 2.05) is 56.2 Å². The van der Waals surface area contributed by atoms with E-state index in [-0.39, 0.29) is 11.7 Å². The van der Waals surface area contributed by atoms with Gasteiger partial charge in [0.05, 0.1) is 0 Å². The molecule has 0 saturated carbocycles. The van der Waals surface area contributed by atoms with Gasteiger partial charge in [0.2, 0.25) is 0 Å². The number of rotatable bonds is 7. The maximum Gasteiger partial charge on any atom is 0.254 e. The van der Waals surface area contributed by atoms with Crippen LogP contribution in [0.25, 0.3) is 0 Å². The summed E-state index contributed by atoms with van der Waals surface area (Å²) < 4.78 is 13.2. The number of nitrogens with two attached hydrogens (primary N) is 1. The van der Waals surface area contributed by atoms with Crippen LogP contribution in [0.4, 0.5) is 15.8 Å². The van der Waals surface area contributed by atoms with E-state index >= 15 is 0 Å². The van der Waals surface area contributed by atoms with Gasteiger partial charge >= 0.3 is 0 Å². The Morgan fingerprint density at radius 3 is 2.23 bits per heavy atom.